The Balaban J connectivity index is 1.85. The van der Waals surface area contributed by atoms with Gasteiger partial charge in [-0.3, -0.25) is 28.5 Å². The molecule has 29 heavy (non-hydrogen) atoms. The van der Waals surface area contributed by atoms with Gasteiger partial charge in [0.05, 0.1) is 0 Å². The molecule has 1 aromatic rings. The van der Waals surface area contributed by atoms with E-state index >= 15 is 0 Å². The Labute approximate surface area is 162 Å². The topological polar surface area (TPSA) is 220 Å². The summed E-state index contributed by atoms with van der Waals surface area (Å²) in [4.78, 5) is 65.8. The van der Waals surface area contributed by atoms with Crippen LogP contribution in [0.4, 0.5) is 0 Å². The van der Waals surface area contributed by atoms with Gasteiger partial charge in [-0.05, 0) is 6.42 Å². The quantitative estimate of drug-likeness (QED) is 0.156. The van der Waals surface area contributed by atoms with Gasteiger partial charge in [0.1, 0.15) is 18.5 Å². The summed E-state index contributed by atoms with van der Waals surface area (Å²) in [6.07, 6.45) is -5.89. The minimum atomic E-state index is -4.35. The number of ether oxygens (including phenoxy) is 1. The molecule has 7 N–H and O–H groups in total. The summed E-state index contributed by atoms with van der Waals surface area (Å²) in [7, 11) is -4.35. The Morgan fingerprint density at radius 2 is 1.90 bits per heavy atom. The third-order valence-corrected chi connectivity index (χ3v) is 4.55. The molecule has 1 aromatic heterocycles. The van der Waals surface area contributed by atoms with E-state index in [1.54, 1.807) is 0 Å². The maximum absolute atomic E-state index is 12.2. The Morgan fingerprint density at radius 3 is 2.52 bits per heavy atom. The lowest BCUT2D eigenvalue weighted by Gasteiger charge is -2.16. The zero-order chi connectivity index (χ0) is 21.8. The van der Waals surface area contributed by atoms with Crippen molar-refractivity contribution in [2.45, 2.75) is 37.4 Å². The van der Waals surface area contributed by atoms with Crippen LogP contribution in [0.3, 0.4) is 0 Å². The van der Waals surface area contributed by atoms with E-state index < -0.39 is 61.5 Å². The predicted molar refractivity (Wildman–Crippen MR) is 94.5 cm³/mol. The fourth-order valence-electron chi connectivity index (χ4n) is 2.57. The molecule has 0 aliphatic carbocycles. The van der Waals surface area contributed by atoms with E-state index in [2.05, 4.69) is 5.32 Å². The lowest BCUT2D eigenvalue weighted by Crippen LogP contribution is -2.43. The van der Waals surface area contributed by atoms with E-state index in [1.807, 2.05) is 10.3 Å². The molecule has 0 aromatic carbocycles. The summed E-state index contributed by atoms with van der Waals surface area (Å²) in [6.45, 7) is -0.0197. The molecular formula is C14H21N4O10P. The molecule has 15 heteroatoms. The Hall–Kier alpha value is -2.35. The second-order valence-corrected chi connectivity index (χ2v) is 7.91. The Morgan fingerprint density at radius 1 is 1.21 bits per heavy atom. The highest BCUT2D eigenvalue weighted by Crippen LogP contribution is 2.32. The summed E-state index contributed by atoms with van der Waals surface area (Å²) in [5.41, 5.74) is -1.56. The Kier molecular flexibility index (Phi) is 7.46. The van der Waals surface area contributed by atoms with Crippen molar-refractivity contribution in [3.8, 4) is 0 Å². The summed E-state index contributed by atoms with van der Waals surface area (Å²) in [5, 5.41) is 24.5. The number of aromatic nitrogens is 2. The number of hydrogen-bond donors (Lipinski definition) is 7. The lowest BCUT2D eigenvalue weighted by atomic mass is 10.1. The van der Waals surface area contributed by atoms with Gasteiger partial charge >= 0.3 is 13.3 Å². The number of aromatic amines is 1. The summed E-state index contributed by atoms with van der Waals surface area (Å²) < 4.78 is 16.8. The van der Waals surface area contributed by atoms with Crippen LogP contribution < -0.4 is 21.9 Å². The number of carbonyl (C=O) groups is 2. The molecule has 162 valence electrons. The van der Waals surface area contributed by atoms with Crippen molar-refractivity contribution in [3.63, 3.8) is 0 Å². The Bertz CT molecular complexity index is 908. The van der Waals surface area contributed by atoms with Gasteiger partial charge in [-0.15, -0.1) is 0 Å². The number of carbonyl (C=O) groups excluding carboxylic acids is 2. The second-order valence-electron chi connectivity index (χ2n) is 6.26. The highest BCUT2D eigenvalue weighted by molar-refractivity contribution is 7.51. The van der Waals surface area contributed by atoms with Crippen LogP contribution in [0.5, 0.6) is 0 Å². The molecule has 0 unspecified atom stereocenters. The normalized spacial score (nSPS) is 24.3. The molecule has 0 saturated carbocycles. The van der Waals surface area contributed by atoms with Crippen molar-refractivity contribution >= 4 is 19.4 Å². The van der Waals surface area contributed by atoms with Crippen molar-refractivity contribution in [1.29, 1.82) is 0 Å². The SMILES string of the molecule is O=C(CCCNC(=O)[C@H]1O[C@@H](n2ccc(=O)[nH]c2=O)[C@@H](O)[C@H]1O)NCP(=O)(O)O. The van der Waals surface area contributed by atoms with E-state index in [9.17, 15) is 34.0 Å². The molecule has 0 spiro atoms. The first-order valence-corrected chi connectivity index (χ1v) is 10.2. The second kappa shape index (κ2) is 9.43. The number of nitrogens with zero attached hydrogens (tertiary/aromatic N) is 1. The standard InChI is InChI=1S/C14H21N4O10P/c19-7(16-6-29(25,26)27)2-1-4-15-12(23)11-9(21)10(22)13(28-11)18-5-3-8(20)17-14(18)24/h3,5,9-11,13,21-22H,1-2,4,6H2,(H,15,23)(H,16,19)(H,17,20,24)(H2,25,26,27)/t9-,10+,11+,13-/m1/s1. The van der Waals surface area contributed by atoms with Crippen LogP contribution in [0.15, 0.2) is 21.9 Å². The molecule has 1 aliphatic rings. The molecule has 2 heterocycles. The van der Waals surface area contributed by atoms with Crippen LogP contribution in [-0.4, -0.2) is 72.5 Å². The van der Waals surface area contributed by atoms with Gasteiger partial charge in [-0.1, -0.05) is 0 Å². The number of amides is 2. The van der Waals surface area contributed by atoms with Gasteiger partial charge in [0, 0.05) is 25.2 Å². The van der Waals surface area contributed by atoms with Crippen molar-refractivity contribution < 1.29 is 38.9 Å². The van der Waals surface area contributed by atoms with E-state index in [0.29, 0.717) is 0 Å². The van der Waals surface area contributed by atoms with Crippen LogP contribution >= 0.6 is 7.60 Å². The van der Waals surface area contributed by atoms with E-state index in [1.165, 1.54) is 0 Å². The van der Waals surface area contributed by atoms with Gasteiger partial charge in [-0.25, -0.2) is 4.79 Å². The maximum atomic E-state index is 12.2. The van der Waals surface area contributed by atoms with Gasteiger partial charge in [0.15, 0.2) is 12.3 Å². The van der Waals surface area contributed by atoms with Crippen LogP contribution in [0.1, 0.15) is 19.1 Å². The van der Waals surface area contributed by atoms with E-state index in [-0.39, 0.29) is 19.4 Å². The van der Waals surface area contributed by atoms with Crippen molar-refractivity contribution in [1.82, 2.24) is 20.2 Å². The first-order chi connectivity index (χ1) is 13.5. The third-order valence-electron chi connectivity index (χ3n) is 3.98. The average molecular weight is 436 g/mol. The fourth-order valence-corrected chi connectivity index (χ4v) is 2.96. The molecule has 2 rings (SSSR count). The highest BCUT2D eigenvalue weighted by atomic mass is 31.2. The molecule has 1 saturated heterocycles. The van der Waals surface area contributed by atoms with Crippen LogP contribution in [-0.2, 0) is 18.9 Å². The highest BCUT2D eigenvalue weighted by Gasteiger charge is 2.47. The van der Waals surface area contributed by atoms with Gasteiger partial charge in [0.2, 0.25) is 5.91 Å². The van der Waals surface area contributed by atoms with Gasteiger partial charge in [-0.2, -0.15) is 0 Å². The summed E-state index contributed by atoms with van der Waals surface area (Å²) in [5.74, 6) is -1.42. The van der Waals surface area contributed by atoms with Gasteiger partial charge in [0.25, 0.3) is 11.5 Å². The summed E-state index contributed by atoms with van der Waals surface area (Å²) in [6, 6.07) is 1.01. The molecule has 4 atom stereocenters. The minimum Gasteiger partial charge on any atom is -0.387 e. The number of H-pyrrole nitrogens is 1. The molecule has 0 radical (unpaired) electrons. The predicted octanol–water partition coefficient (Wildman–Crippen LogP) is -3.70. The number of hydrogen-bond acceptors (Lipinski definition) is 8. The third kappa shape index (κ3) is 6.32. The van der Waals surface area contributed by atoms with E-state index in [4.69, 9.17) is 14.5 Å². The first-order valence-electron chi connectivity index (χ1n) is 8.41. The molecule has 0 bridgehead atoms. The minimum absolute atomic E-state index is 0.0197. The summed E-state index contributed by atoms with van der Waals surface area (Å²) >= 11 is 0. The zero-order valence-corrected chi connectivity index (χ0v) is 15.8. The zero-order valence-electron chi connectivity index (χ0n) is 14.9. The monoisotopic (exact) mass is 436 g/mol. The van der Waals surface area contributed by atoms with Crippen LogP contribution in [0.2, 0.25) is 0 Å². The fraction of sp³-hybridized carbons (Fsp3) is 0.571. The maximum Gasteiger partial charge on any atom is 0.344 e. The van der Waals surface area contributed by atoms with Crippen molar-refractivity contribution in [3.05, 3.63) is 33.1 Å². The molecule has 1 fully saturated rings. The molecular weight excluding hydrogens is 415 g/mol. The lowest BCUT2D eigenvalue weighted by molar-refractivity contribution is -0.138. The van der Waals surface area contributed by atoms with Crippen LogP contribution in [0.25, 0.3) is 0 Å². The average Bonchev–Trinajstić information content (AvgIpc) is 2.92. The van der Waals surface area contributed by atoms with Crippen molar-refractivity contribution in [2.24, 2.45) is 0 Å². The van der Waals surface area contributed by atoms with Gasteiger partial charge < -0.3 is 35.4 Å². The number of aliphatic hydroxyl groups excluding tert-OH is 2. The number of nitrogens with one attached hydrogen (secondary N) is 3. The van der Waals surface area contributed by atoms with E-state index in [0.717, 1.165) is 16.8 Å². The van der Waals surface area contributed by atoms with Crippen LogP contribution in [0, 0.1) is 0 Å². The van der Waals surface area contributed by atoms with Crippen molar-refractivity contribution in [2.75, 3.05) is 12.8 Å². The molecule has 1 aliphatic heterocycles. The largest absolute Gasteiger partial charge is 0.387 e. The molecule has 14 nitrogen and oxygen atoms in total. The molecule has 2 amide bonds. The first kappa shape index (κ1) is 22.9. The number of rotatable bonds is 8. The smallest absolute Gasteiger partial charge is 0.344 e. The number of aliphatic hydroxyl groups is 2.